The molecule has 1 aliphatic carbocycles. The number of hydrogen-bond donors (Lipinski definition) is 7. The van der Waals surface area contributed by atoms with Crippen molar-refractivity contribution >= 4 is 75.1 Å². The molecule has 1 fully saturated rings. The van der Waals surface area contributed by atoms with Crippen molar-refractivity contribution in [2.24, 2.45) is 17.6 Å². The average Bonchev–Trinajstić information content (AvgIpc) is 4.08. The van der Waals surface area contributed by atoms with E-state index in [-0.39, 0.29) is 56.2 Å². The zero-order valence-electron chi connectivity index (χ0n) is 43.3. The van der Waals surface area contributed by atoms with Crippen molar-refractivity contribution in [2.75, 3.05) is 30.3 Å². The number of carbonyl (C=O) groups is 7. The number of fused-ring (bicyclic) bond motifs is 3. The van der Waals surface area contributed by atoms with Gasteiger partial charge in [0.15, 0.2) is 5.82 Å². The minimum absolute atomic E-state index is 0.0921. The van der Waals surface area contributed by atoms with E-state index >= 15 is 0 Å². The Morgan fingerprint density at radius 1 is 0.787 bits per heavy atom. The van der Waals surface area contributed by atoms with Gasteiger partial charge in [-0.1, -0.05) is 101 Å². The summed E-state index contributed by atoms with van der Waals surface area (Å²) in [6, 6.07) is 20.5. The molecule has 8 N–H and O–H groups in total. The molecule has 5 aromatic rings. The van der Waals surface area contributed by atoms with Gasteiger partial charge in [-0.15, -0.1) is 0 Å². The molecule has 3 heterocycles. The van der Waals surface area contributed by atoms with E-state index in [1.165, 1.54) is 37.0 Å². The molecular formula is C56H71N11O8. The quantitative estimate of drug-likeness (QED) is 0.0187. The fourth-order valence-corrected chi connectivity index (χ4v) is 8.96. The Hall–Kier alpha value is -7.67. The van der Waals surface area contributed by atoms with Gasteiger partial charge in [-0.05, 0) is 91.8 Å². The van der Waals surface area contributed by atoms with Crippen molar-refractivity contribution in [1.29, 1.82) is 0 Å². The van der Waals surface area contributed by atoms with E-state index in [2.05, 4.69) is 67.7 Å². The van der Waals surface area contributed by atoms with Gasteiger partial charge in [0.25, 0.3) is 11.8 Å². The van der Waals surface area contributed by atoms with E-state index in [1.807, 2.05) is 24.3 Å². The molecule has 1 saturated carbocycles. The number of primary amides is 1. The zero-order chi connectivity index (χ0) is 53.3. The third-order valence-corrected chi connectivity index (χ3v) is 13.4. The van der Waals surface area contributed by atoms with Gasteiger partial charge in [-0.3, -0.25) is 34.2 Å². The Kier molecular flexibility index (Phi) is 19.9. The Morgan fingerprint density at radius 3 is 2.21 bits per heavy atom. The number of imidazole rings is 1. The number of pyridine rings is 1. The molecule has 7 rings (SSSR count). The summed E-state index contributed by atoms with van der Waals surface area (Å²) < 4.78 is 7.94. The number of aromatic nitrogens is 3. The Bertz CT molecular complexity index is 2820. The van der Waals surface area contributed by atoms with Crippen LogP contribution in [0, 0.1) is 11.8 Å². The van der Waals surface area contributed by atoms with Gasteiger partial charge in [0.05, 0.1) is 11.0 Å². The van der Waals surface area contributed by atoms with Gasteiger partial charge in [-0.25, -0.2) is 19.6 Å². The number of hydrogen-bond acceptors (Lipinski definition) is 11. The smallest absolute Gasteiger partial charge is 0.413 e. The zero-order valence-corrected chi connectivity index (χ0v) is 43.3. The molecule has 0 unspecified atom stereocenters. The van der Waals surface area contributed by atoms with Gasteiger partial charge in [0, 0.05) is 62.2 Å². The third kappa shape index (κ3) is 16.2. The first-order valence-corrected chi connectivity index (χ1v) is 26.3. The second kappa shape index (κ2) is 27.0. The molecule has 0 saturated heterocycles. The van der Waals surface area contributed by atoms with Gasteiger partial charge >= 0.3 is 12.1 Å². The number of imide groups is 1. The molecule has 2 atom stereocenters. The first-order chi connectivity index (χ1) is 36.3. The largest absolute Gasteiger partial charge is 0.444 e. The standard InChI is InChI=1S/C56H71N11O8/c1-4-5-15-45-63-50-51(67(45)34-39-21-19-38(20-22-39)33-58-31-29-37-17-18-37)42-12-8-9-13-43(42)61-52(50)65-56(74)75-35-40-23-25-41(26-24-40)60-53(71)44(14-11-30-59-55(57)73)62-54(72)49(36(2)3)64-46(68)16-7-6-10-32-66-47(69)27-28-48(66)70/h8-9,12-13,19-28,36-37,44,49,58H,4-7,10-11,14-18,29-35H2,1-3H3,(H,60,71)(H,62,72)(H,64,68)(H3,57,59,73)(H,61,65,74)/t44-,49-/m0/s1. The predicted octanol–water partition coefficient (Wildman–Crippen LogP) is 7.11. The fraction of sp³-hybridized carbons (Fsp3) is 0.446. The summed E-state index contributed by atoms with van der Waals surface area (Å²) in [5.41, 5.74) is 10.8. The number of para-hydroxylation sites is 1. The Morgan fingerprint density at radius 2 is 1.51 bits per heavy atom. The van der Waals surface area contributed by atoms with Crippen LogP contribution in [0.15, 0.2) is 84.9 Å². The van der Waals surface area contributed by atoms with Crippen molar-refractivity contribution in [2.45, 2.75) is 130 Å². The molecule has 8 amide bonds. The van der Waals surface area contributed by atoms with E-state index < -0.39 is 36.0 Å². The number of anilines is 2. The molecule has 3 aromatic carbocycles. The summed E-state index contributed by atoms with van der Waals surface area (Å²) in [5, 5.41) is 18.3. The van der Waals surface area contributed by atoms with Crippen LogP contribution in [-0.4, -0.2) is 92.8 Å². The van der Waals surface area contributed by atoms with E-state index in [0.29, 0.717) is 60.3 Å². The monoisotopic (exact) mass is 1030 g/mol. The van der Waals surface area contributed by atoms with Crippen LogP contribution in [0.5, 0.6) is 0 Å². The maximum atomic E-state index is 13.7. The molecular weight excluding hydrogens is 955 g/mol. The van der Waals surface area contributed by atoms with Gasteiger partial charge in [0.2, 0.25) is 17.7 Å². The Balaban J connectivity index is 0.950. The number of amides is 8. The lowest BCUT2D eigenvalue weighted by atomic mass is 10.0. The lowest BCUT2D eigenvalue weighted by molar-refractivity contribution is -0.137. The average molecular weight is 1030 g/mol. The highest BCUT2D eigenvalue weighted by Gasteiger charge is 2.29. The Labute approximate surface area is 437 Å². The van der Waals surface area contributed by atoms with Crippen molar-refractivity contribution in [3.05, 3.63) is 107 Å². The fourth-order valence-electron chi connectivity index (χ4n) is 8.96. The van der Waals surface area contributed by atoms with Crippen LogP contribution in [0.25, 0.3) is 21.9 Å². The summed E-state index contributed by atoms with van der Waals surface area (Å²) in [5.74, 6) is -0.368. The molecule has 2 aliphatic rings. The van der Waals surface area contributed by atoms with Gasteiger partial charge in [-0.2, -0.15) is 0 Å². The summed E-state index contributed by atoms with van der Waals surface area (Å²) in [4.78, 5) is 99.9. The van der Waals surface area contributed by atoms with E-state index in [0.717, 1.165) is 65.5 Å². The van der Waals surface area contributed by atoms with Crippen LogP contribution < -0.4 is 37.6 Å². The summed E-state index contributed by atoms with van der Waals surface area (Å²) in [6.07, 6.45) is 10.6. The van der Waals surface area contributed by atoms with Crippen LogP contribution in [-0.2, 0) is 54.8 Å². The SMILES string of the molecule is CCCCc1nc2c(NC(=O)OCc3ccc(NC(=O)[C@H](CCCNC(N)=O)NC(=O)[C@@H](NC(=O)CCCCCN4C(=O)C=CC4=O)C(C)C)cc3)nc3ccccc3c2n1Cc1ccc(CNCCC2CC2)cc1. The number of aryl methyl sites for hydroxylation is 1. The first kappa shape index (κ1) is 55.1. The highest BCUT2D eigenvalue weighted by Crippen LogP contribution is 2.33. The van der Waals surface area contributed by atoms with Crippen molar-refractivity contribution < 1.29 is 38.3 Å². The van der Waals surface area contributed by atoms with Crippen molar-refractivity contribution in [3.8, 4) is 0 Å². The van der Waals surface area contributed by atoms with Gasteiger partial charge < -0.3 is 41.6 Å². The van der Waals surface area contributed by atoms with Crippen molar-refractivity contribution in [1.82, 2.24) is 40.7 Å². The number of nitrogens with zero attached hydrogens (tertiary/aromatic N) is 4. The van der Waals surface area contributed by atoms with Crippen molar-refractivity contribution in [3.63, 3.8) is 0 Å². The molecule has 1 aliphatic heterocycles. The molecule has 0 radical (unpaired) electrons. The maximum Gasteiger partial charge on any atom is 0.413 e. The summed E-state index contributed by atoms with van der Waals surface area (Å²) in [6.45, 7) is 8.51. The number of nitrogens with two attached hydrogens (primary N) is 1. The second-order valence-electron chi connectivity index (χ2n) is 19.8. The van der Waals surface area contributed by atoms with Crippen LogP contribution >= 0.6 is 0 Å². The summed E-state index contributed by atoms with van der Waals surface area (Å²) >= 11 is 0. The number of carbonyl (C=O) groups excluding carboxylic acids is 7. The number of unbranched alkanes of at least 4 members (excludes halogenated alkanes) is 3. The molecule has 19 heteroatoms. The highest BCUT2D eigenvalue weighted by molar-refractivity contribution is 6.13. The van der Waals surface area contributed by atoms with E-state index in [9.17, 15) is 33.6 Å². The maximum absolute atomic E-state index is 13.7. The molecule has 75 heavy (non-hydrogen) atoms. The highest BCUT2D eigenvalue weighted by atomic mass is 16.5. The topological polar surface area (TPSA) is 261 Å². The van der Waals surface area contributed by atoms with E-state index in [4.69, 9.17) is 20.4 Å². The number of benzene rings is 3. The number of urea groups is 1. The predicted molar refractivity (Wildman–Crippen MR) is 287 cm³/mol. The second-order valence-corrected chi connectivity index (χ2v) is 19.8. The molecule has 19 nitrogen and oxygen atoms in total. The van der Waals surface area contributed by atoms with Crippen LogP contribution in [0.4, 0.5) is 21.1 Å². The minimum Gasteiger partial charge on any atom is -0.444 e. The lowest BCUT2D eigenvalue weighted by Crippen LogP contribution is -2.54. The first-order valence-electron chi connectivity index (χ1n) is 26.3. The normalized spacial score (nSPS) is 14.1. The third-order valence-electron chi connectivity index (χ3n) is 13.4. The molecule has 398 valence electrons. The van der Waals surface area contributed by atoms with Crippen LogP contribution in [0.1, 0.15) is 114 Å². The molecule has 0 spiro atoms. The molecule has 2 aromatic heterocycles. The lowest BCUT2D eigenvalue weighted by Gasteiger charge is -2.25. The number of ether oxygens (including phenoxy) is 1. The summed E-state index contributed by atoms with van der Waals surface area (Å²) in [7, 11) is 0. The van der Waals surface area contributed by atoms with E-state index in [1.54, 1.807) is 38.1 Å². The van der Waals surface area contributed by atoms with Crippen LogP contribution in [0.2, 0.25) is 0 Å². The van der Waals surface area contributed by atoms with Gasteiger partial charge in [0.1, 0.15) is 30.0 Å². The van der Waals surface area contributed by atoms with Crippen LogP contribution in [0.3, 0.4) is 0 Å². The minimum atomic E-state index is -1.05. The number of nitrogens with one attached hydrogen (secondary N) is 6. The molecule has 0 bridgehead atoms. The number of rotatable bonds is 29.